The van der Waals surface area contributed by atoms with E-state index in [2.05, 4.69) is 205 Å². The Labute approximate surface area is 353 Å². The third-order valence-corrected chi connectivity index (χ3v) is 12.1. The monoisotopic (exact) mass is 779 g/mol. The maximum Gasteiger partial charge on any atom is 0.143 e. The van der Waals surface area contributed by atoms with Crippen LogP contribution in [0.3, 0.4) is 0 Å². The molecule has 3 heteroatoms. The number of anilines is 3. The second kappa shape index (κ2) is 14.3. The first-order chi connectivity index (χ1) is 30.2. The van der Waals surface area contributed by atoms with Gasteiger partial charge in [-0.25, -0.2) is 0 Å². The van der Waals surface area contributed by atoms with E-state index in [1.165, 1.54) is 21.9 Å². The molecule has 0 bridgehead atoms. The molecule has 0 saturated heterocycles. The van der Waals surface area contributed by atoms with Crippen molar-refractivity contribution in [1.29, 1.82) is 0 Å². The average Bonchev–Trinajstić information content (AvgIpc) is 3.91. The molecule has 0 fully saturated rings. The van der Waals surface area contributed by atoms with E-state index in [4.69, 9.17) is 8.83 Å². The normalized spacial score (nSPS) is 11.6. The van der Waals surface area contributed by atoms with E-state index < -0.39 is 0 Å². The van der Waals surface area contributed by atoms with E-state index >= 15 is 0 Å². The summed E-state index contributed by atoms with van der Waals surface area (Å²) in [5, 5.41) is 6.98. The van der Waals surface area contributed by atoms with E-state index in [1.807, 2.05) is 24.3 Å². The van der Waals surface area contributed by atoms with Gasteiger partial charge in [0.2, 0.25) is 0 Å². The minimum Gasteiger partial charge on any atom is -0.455 e. The standard InChI is InChI=1S/C58H37NO2/c1-2-17-45-38(13-1)14-10-21-46(45)41-15-9-16-42(37-41)47-18-3-6-26-54(47)59(43-33-29-39(30-34-43)48-22-11-24-52-50-19-4-7-27-55(50)60-57(48)52)44-35-31-40(32-36-44)49-23-12-25-53-51-20-5-8-28-56(51)61-58(49)53/h1-37H. The predicted molar refractivity (Wildman–Crippen MR) is 255 cm³/mol. The van der Waals surface area contributed by atoms with Crippen LogP contribution in [0.2, 0.25) is 0 Å². The Hall–Kier alpha value is -8.14. The highest BCUT2D eigenvalue weighted by molar-refractivity contribution is 6.11. The Balaban J connectivity index is 0.994. The lowest BCUT2D eigenvalue weighted by molar-refractivity contribution is 0.669. The van der Waals surface area contributed by atoms with Crippen molar-refractivity contribution in [2.24, 2.45) is 0 Å². The minimum atomic E-state index is 0.897. The van der Waals surface area contributed by atoms with Crippen molar-refractivity contribution in [3.8, 4) is 44.5 Å². The van der Waals surface area contributed by atoms with Gasteiger partial charge in [0.1, 0.15) is 22.3 Å². The Morgan fingerprint density at radius 2 is 0.705 bits per heavy atom. The lowest BCUT2D eigenvalue weighted by Crippen LogP contribution is -2.11. The van der Waals surface area contributed by atoms with Gasteiger partial charge in [0, 0.05) is 49.6 Å². The largest absolute Gasteiger partial charge is 0.455 e. The Morgan fingerprint density at radius 1 is 0.279 bits per heavy atom. The van der Waals surface area contributed by atoms with Gasteiger partial charge in [0.25, 0.3) is 0 Å². The number of benzene rings is 10. The highest BCUT2D eigenvalue weighted by Crippen LogP contribution is 2.44. The van der Waals surface area contributed by atoms with Crippen molar-refractivity contribution in [2.75, 3.05) is 4.90 Å². The van der Waals surface area contributed by atoms with Crippen LogP contribution in [0.25, 0.3) is 99.2 Å². The summed E-state index contributed by atoms with van der Waals surface area (Å²) in [6, 6.07) is 79.9. The molecule has 2 heterocycles. The molecular formula is C58H37NO2. The molecule has 12 aromatic rings. The zero-order valence-electron chi connectivity index (χ0n) is 33.1. The van der Waals surface area contributed by atoms with Crippen molar-refractivity contribution in [3.63, 3.8) is 0 Å². The molecule has 0 unspecified atom stereocenters. The highest BCUT2D eigenvalue weighted by Gasteiger charge is 2.20. The molecule has 0 aliphatic carbocycles. The van der Waals surface area contributed by atoms with Gasteiger partial charge < -0.3 is 13.7 Å². The number of para-hydroxylation sites is 5. The van der Waals surface area contributed by atoms with Crippen LogP contribution in [0.15, 0.2) is 233 Å². The number of hydrogen-bond acceptors (Lipinski definition) is 3. The molecule has 0 saturated carbocycles. The van der Waals surface area contributed by atoms with Crippen molar-refractivity contribution in [3.05, 3.63) is 224 Å². The van der Waals surface area contributed by atoms with Crippen molar-refractivity contribution < 1.29 is 8.83 Å². The zero-order chi connectivity index (χ0) is 40.3. The topological polar surface area (TPSA) is 29.5 Å². The third kappa shape index (κ3) is 5.90. The maximum absolute atomic E-state index is 6.46. The zero-order valence-corrected chi connectivity index (χ0v) is 33.1. The third-order valence-electron chi connectivity index (χ3n) is 12.1. The van der Waals surface area contributed by atoms with Crippen molar-refractivity contribution >= 4 is 71.7 Å². The summed E-state index contributed by atoms with van der Waals surface area (Å²) in [5.74, 6) is 0. The van der Waals surface area contributed by atoms with Gasteiger partial charge in [-0.1, -0.05) is 176 Å². The van der Waals surface area contributed by atoms with Crippen LogP contribution in [-0.4, -0.2) is 0 Å². The van der Waals surface area contributed by atoms with Gasteiger partial charge in [-0.2, -0.15) is 0 Å². The van der Waals surface area contributed by atoms with Crippen LogP contribution < -0.4 is 4.90 Å². The predicted octanol–water partition coefficient (Wildman–Crippen LogP) is 16.8. The molecule has 2 aromatic heterocycles. The summed E-state index contributed by atoms with van der Waals surface area (Å²) in [6.07, 6.45) is 0. The first-order valence-corrected chi connectivity index (χ1v) is 20.7. The van der Waals surface area contributed by atoms with E-state index in [1.54, 1.807) is 0 Å². The Kier molecular flexibility index (Phi) is 8.17. The fourth-order valence-electron chi connectivity index (χ4n) is 9.20. The first kappa shape index (κ1) is 34.9. The van der Waals surface area contributed by atoms with Crippen LogP contribution in [0.5, 0.6) is 0 Å². The number of nitrogens with zero attached hydrogens (tertiary/aromatic N) is 1. The van der Waals surface area contributed by atoms with Gasteiger partial charge in [-0.05, 0) is 87.1 Å². The fourth-order valence-corrected chi connectivity index (χ4v) is 9.20. The van der Waals surface area contributed by atoms with Gasteiger partial charge >= 0.3 is 0 Å². The molecule has 0 atom stereocenters. The molecule has 0 spiro atoms. The summed E-state index contributed by atoms with van der Waals surface area (Å²) < 4.78 is 12.9. The summed E-state index contributed by atoms with van der Waals surface area (Å²) in [7, 11) is 0. The average molecular weight is 780 g/mol. The number of rotatable bonds is 7. The maximum atomic E-state index is 6.46. The molecule has 0 aliphatic heterocycles. The van der Waals surface area contributed by atoms with Crippen LogP contribution in [0.4, 0.5) is 17.1 Å². The molecule has 0 radical (unpaired) electrons. The molecule has 3 nitrogen and oxygen atoms in total. The highest BCUT2D eigenvalue weighted by atomic mass is 16.3. The second-order valence-corrected chi connectivity index (χ2v) is 15.6. The van der Waals surface area contributed by atoms with Gasteiger partial charge in [-0.3, -0.25) is 0 Å². The van der Waals surface area contributed by atoms with Crippen LogP contribution in [-0.2, 0) is 0 Å². The molecule has 10 aromatic carbocycles. The van der Waals surface area contributed by atoms with E-state index in [0.29, 0.717) is 0 Å². The van der Waals surface area contributed by atoms with E-state index in [9.17, 15) is 0 Å². The molecule has 286 valence electrons. The minimum absolute atomic E-state index is 0.897. The van der Waals surface area contributed by atoms with Gasteiger partial charge in [-0.15, -0.1) is 0 Å². The molecule has 0 aliphatic rings. The summed E-state index contributed by atoms with van der Waals surface area (Å²) in [5.41, 5.74) is 15.8. The van der Waals surface area contributed by atoms with Crippen molar-refractivity contribution in [2.45, 2.75) is 0 Å². The molecular weight excluding hydrogens is 743 g/mol. The number of hydrogen-bond donors (Lipinski definition) is 0. The van der Waals surface area contributed by atoms with Gasteiger partial charge in [0.05, 0.1) is 5.69 Å². The molecule has 12 rings (SSSR count). The van der Waals surface area contributed by atoms with Crippen LogP contribution in [0, 0.1) is 0 Å². The van der Waals surface area contributed by atoms with Gasteiger partial charge in [0.15, 0.2) is 0 Å². The van der Waals surface area contributed by atoms with Crippen molar-refractivity contribution in [1.82, 2.24) is 0 Å². The molecule has 0 amide bonds. The summed E-state index contributed by atoms with van der Waals surface area (Å²) in [6.45, 7) is 0. The quantitative estimate of drug-likeness (QED) is 0.161. The second-order valence-electron chi connectivity index (χ2n) is 15.6. The van der Waals surface area contributed by atoms with Crippen LogP contribution in [0.1, 0.15) is 0 Å². The lowest BCUT2D eigenvalue weighted by Gasteiger charge is -2.28. The fraction of sp³-hybridized carbons (Fsp3) is 0. The molecule has 0 N–H and O–H groups in total. The number of furan rings is 2. The lowest BCUT2D eigenvalue weighted by atomic mass is 9.94. The smallest absolute Gasteiger partial charge is 0.143 e. The SMILES string of the molecule is c1cc(-c2ccccc2N(c2ccc(-c3cccc4c3oc3ccccc34)cc2)c2ccc(-c3cccc4c3oc3ccccc34)cc2)cc(-c2cccc3ccccc23)c1. The molecule has 61 heavy (non-hydrogen) atoms. The summed E-state index contributed by atoms with van der Waals surface area (Å²) >= 11 is 0. The van der Waals surface area contributed by atoms with E-state index in [-0.39, 0.29) is 0 Å². The van der Waals surface area contributed by atoms with Crippen LogP contribution >= 0.6 is 0 Å². The first-order valence-electron chi connectivity index (χ1n) is 20.7. The summed E-state index contributed by atoms with van der Waals surface area (Å²) in [4.78, 5) is 2.37. The Bertz CT molecular complexity index is 3430. The Morgan fingerprint density at radius 3 is 1.33 bits per heavy atom. The number of fused-ring (bicyclic) bond motifs is 7. The van der Waals surface area contributed by atoms with E-state index in [0.717, 1.165) is 94.3 Å².